The molecule has 6 heteroatoms. The summed E-state index contributed by atoms with van der Waals surface area (Å²) in [5.74, 6) is -0.917. The lowest BCUT2D eigenvalue weighted by Crippen LogP contribution is -2.62. The predicted octanol–water partition coefficient (Wildman–Crippen LogP) is 1.21. The van der Waals surface area contributed by atoms with E-state index in [1.54, 1.807) is 4.90 Å². The molecule has 1 N–H and O–H groups in total. The molecule has 118 valence electrons. The van der Waals surface area contributed by atoms with Gasteiger partial charge in [0, 0.05) is 31.2 Å². The second-order valence-corrected chi connectivity index (χ2v) is 6.68. The number of hydrogen-bond acceptors (Lipinski definition) is 3. The molecule has 0 bridgehead atoms. The minimum Gasteiger partial charge on any atom is -0.480 e. The lowest BCUT2D eigenvalue weighted by Gasteiger charge is -2.48. The van der Waals surface area contributed by atoms with Gasteiger partial charge in [-0.25, -0.2) is 4.79 Å². The molecule has 3 fully saturated rings. The Bertz CT molecular complexity index is 424. The lowest BCUT2D eigenvalue weighted by atomic mass is 9.97. The van der Waals surface area contributed by atoms with Crippen molar-refractivity contribution in [2.45, 2.75) is 57.2 Å². The van der Waals surface area contributed by atoms with Crippen LogP contribution in [-0.2, 0) is 4.79 Å². The number of fused-ring (bicyclic) bond motifs is 1. The van der Waals surface area contributed by atoms with Gasteiger partial charge >= 0.3 is 12.0 Å². The van der Waals surface area contributed by atoms with Crippen LogP contribution in [-0.4, -0.2) is 76.1 Å². The quantitative estimate of drug-likeness (QED) is 0.850. The summed E-state index contributed by atoms with van der Waals surface area (Å²) in [6, 6.07) is 0.703. The fourth-order valence-corrected chi connectivity index (χ4v) is 3.67. The van der Waals surface area contributed by atoms with Crippen molar-refractivity contribution in [3.63, 3.8) is 0 Å². The summed E-state index contributed by atoms with van der Waals surface area (Å²) >= 11 is 0. The number of aliphatic carboxylic acids is 1. The van der Waals surface area contributed by atoms with Crippen molar-refractivity contribution in [1.82, 2.24) is 14.7 Å². The number of hydrogen-bond donors (Lipinski definition) is 1. The van der Waals surface area contributed by atoms with Gasteiger partial charge in [0.05, 0.1) is 0 Å². The van der Waals surface area contributed by atoms with Crippen LogP contribution < -0.4 is 0 Å². The van der Waals surface area contributed by atoms with Gasteiger partial charge in [-0.05, 0) is 39.2 Å². The maximum Gasteiger partial charge on any atom is 0.323 e. The molecular formula is C15H25N3O3. The Morgan fingerprint density at radius 1 is 1.19 bits per heavy atom. The summed E-state index contributed by atoms with van der Waals surface area (Å²) in [5.41, 5.74) is 0. The molecule has 21 heavy (non-hydrogen) atoms. The van der Waals surface area contributed by atoms with E-state index in [2.05, 4.69) is 11.8 Å². The SMILES string of the molecule is CC1CN2CCCCC2CN1C(=O)N(CC(=O)O)C1CC1. The fourth-order valence-electron chi connectivity index (χ4n) is 3.67. The smallest absolute Gasteiger partial charge is 0.323 e. The zero-order chi connectivity index (χ0) is 15.0. The Morgan fingerprint density at radius 2 is 1.95 bits per heavy atom. The third-order valence-corrected chi connectivity index (χ3v) is 4.97. The molecule has 2 aliphatic heterocycles. The van der Waals surface area contributed by atoms with E-state index in [0.29, 0.717) is 6.04 Å². The monoisotopic (exact) mass is 295 g/mol. The maximum absolute atomic E-state index is 12.8. The number of amides is 2. The van der Waals surface area contributed by atoms with Gasteiger partial charge in [-0.3, -0.25) is 9.69 Å². The Kier molecular flexibility index (Phi) is 4.06. The van der Waals surface area contributed by atoms with Gasteiger partial charge in [0.15, 0.2) is 0 Å². The summed E-state index contributed by atoms with van der Waals surface area (Å²) in [6.45, 7) is 4.72. The van der Waals surface area contributed by atoms with Gasteiger partial charge in [0.25, 0.3) is 0 Å². The van der Waals surface area contributed by atoms with Crippen LogP contribution in [0.15, 0.2) is 0 Å². The zero-order valence-electron chi connectivity index (χ0n) is 12.7. The summed E-state index contributed by atoms with van der Waals surface area (Å²) in [7, 11) is 0. The van der Waals surface area contributed by atoms with Crippen molar-refractivity contribution >= 4 is 12.0 Å². The summed E-state index contributed by atoms with van der Waals surface area (Å²) in [6.07, 6.45) is 5.52. The van der Waals surface area contributed by atoms with Crippen LogP contribution in [0.4, 0.5) is 4.79 Å². The molecule has 2 unspecified atom stereocenters. The number of rotatable bonds is 3. The largest absolute Gasteiger partial charge is 0.480 e. The minimum atomic E-state index is -0.917. The Labute approximate surface area is 125 Å². The molecule has 3 rings (SSSR count). The first-order chi connectivity index (χ1) is 10.1. The van der Waals surface area contributed by atoms with Crippen LogP contribution in [0.2, 0.25) is 0 Å². The first-order valence-corrected chi connectivity index (χ1v) is 8.09. The van der Waals surface area contributed by atoms with Crippen LogP contribution in [0.3, 0.4) is 0 Å². The molecule has 2 amide bonds. The van der Waals surface area contributed by atoms with E-state index in [4.69, 9.17) is 5.11 Å². The molecule has 6 nitrogen and oxygen atoms in total. The highest BCUT2D eigenvalue weighted by molar-refractivity contribution is 5.81. The van der Waals surface area contributed by atoms with Crippen LogP contribution in [0, 0.1) is 0 Å². The average molecular weight is 295 g/mol. The van der Waals surface area contributed by atoms with Crippen molar-refractivity contribution in [3.8, 4) is 0 Å². The minimum absolute atomic E-state index is 0.0716. The lowest BCUT2D eigenvalue weighted by molar-refractivity contribution is -0.138. The molecule has 0 radical (unpaired) electrons. The first-order valence-electron chi connectivity index (χ1n) is 8.09. The first kappa shape index (κ1) is 14.6. The highest BCUT2D eigenvalue weighted by Gasteiger charge is 2.41. The van der Waals surface area contributed by atoms with E-state index < -0.39 is 5.97 Å². The molecule has 0 aromatic carbocycles. The Balaban J connectivity index is 1.68. The number of carbonyl (C=O) groups excluding carboxylic acids is 1. The number of carboxylic acids is 1. The van der Waals surface area contributed by atoms with Crippen molar-refractivity contribution in [2.75, 3.05) is 26.2 Å². The van der Waals surface area contributed by atoms with E-state index in [1.165, 1.54) is 12.8 Å². The Hall–Kier alpha value is -1.30. The standard InChI is InChI=1S/C15H25N3O3/c1-11-8-16-7-3-2-4-13(16)9-17(11)15(21)18(10-14(19)20)12-5-6-12/h11-13H,2-10H2,1H3,(H,19,20). The highest BCUT2D eigenvalue weighted by atomic mass is 16.4. The number of piperidine rings is 1. The van der Waals surface area contributed by atoms with Gasteiger partial charge in [-0.2, -0.15) is 0 Å². The third-order valence-electron chi connectivity index (χ3n) is 4.97. The molecule has 2 atom stereocenters. The number of carboxylic acid groups (broad SMARTS) is 1. The molecule has 2 saturated heterocycles. The maximum atomic E-state index is 12.8. The summed E-state index contributed by atoms with van der Waals surface area (Å²) < 4.78 is 0. The second-order valence-electron chi connectivity index (χ2n) is 6.68. The van der Waals surface area contributed by atoms with E-state index in [9.17, 15) is 9.59 Å². The van der Waals surface area contributed by atoms with Crippen molar-refractivity contribution in [1.29, 1.82) is 0 Å². The topological polar surface area (TPSA) is 64.1 Å². The van der Waals surface area contributed by atoms with Gasteiger partial charge in [0.2, 0.25) is 0 Å². The van der Waals surface area contributed by atoms with Gasteiger partial charge in [-0.15, -0.1) is 0 Å². The van der Waals surface area contributed by atoms with Crippen LogP contribution in [0.5, 0.6) is 0 Å². The van der Waals surface area contributed by atoms with E-state index in [1.807, 2.05) is 4.90 Å². The molecule has 0 spiro atoms. The van der Waals surface area contributed by atoms with E-state index in [-0.39, 0.29) is 24.7 Å². The fraction of sp³-hybridized carbons (Fsp3) is 0.867. The van der Waals surface area contributed by atoms with Crippen molar-refractivity contribution < 1.29 is 14.7 Å². The highest BCUT2D eigenvalue weighted by Crippen LogP contribution is 2.30. The second kappa shape index (κ2) is 5.83. The van der Waals surface area contributed by atoms with Gasteiger partial charge in [-0.1, -0.05) is 6.42 Å². The number of carbonyl (C=O) groups is 2. The molecular weight excluding hydrogens is 270 g/mol. The molecule has 1 aliphatic carbocycles. The molecule has 0 aromatic rings. The van der Waals surface area contributed by atoms with Gasteiger partial charge < -0.3 is 14.9 Å². The summed E-state index contributed by atoms with van der Waals surface area (Å²) in [5, 5.41) is 9.04. The van der Waals surface area contributed by atoms with Crippen molar-refractivity contribution in [2.24, 2.45) is 0 Å². The normalized spacial score (nSPS) is 29.9. The zero-order valence-corrected chi connectivity index (χ0v) is 12.7. The average Bonchev–Trinajstić information content (AvgIpc) is 3.27. The number of piperazine rings is 1. The van der Waals surface area contributed by atoms with Crippen LogP contribution in [0.1, 0.15) is 39.0 Å². The van der Waals surface area contributed by atoms with Crippen LogP contribution >= 0.6 is 0 Å². The van der Waals surface area contributed by atoms with Gasteiger partial charge in [0.1, 0.15) is 6.54 Å². The third kappa shape index (κ3) is 3.15. The van der Waals surface area contributed by atoms with E-state index in [0.717, 1.165) is 38.9 Å². The molecule has 0 aromatic heterocycles. The number of urea groups is 1. The predicted molar refractivity (Wildman–Crippen MR) is 78.1 cm³/mol. The summed E-state index contributed by atoms with van der Waals surface area (Å²) in [4.78, 5) is 29.8. The molecule has 2 heterocycles. The Morgan fingerprint density at radius 3 is 2.62 bits per heavy atom. The van der Waals surface area contributed by atoms with Crippen molar-refractivity contribution in [3.05, 3.63) is 0 Å². The van der Waals surface area contributed by atoms with Crippen LogP contribution in [0.25, 0.3) is 0 Å². The van der Waals surface area contributed by atoms with E-state index >= 15 is 0 Å². The number of nitrogens with zero attached hydrogens (tertiary/aromatic N) is 3. The molecule has 3 aliphatic rings. The molecule has 1 saturated carbocycles.